The summed E-state index contributed by atoms with van der Waals surface area (Å²) in [5.74, 6) is 1.04. The van der Waals surface area contributed by atoms with Gasteiger partial charge in [-0.15, -0.1) is 0 Å². The van der Waals surface area contributed by atoms with Crippen LogP contribution >= 0.6 is 0 Å². The summed E-state index contributed by atoms with van der Waals surface area (Å²) in [6, 6.07) is 16.3. The molecule has 2 aromatic carbocycles. The van der Waals surface area contributed by atoms with E-state index in [1.165, 1.54) is 6.26 Å². The standard InChI is InChI=1S/C18H13F3N2O2S/c1-26(24)17-22-15(11-16(23-17)18(19,20)21)12-6-5-9-14(10-12)25-13-7-3-2-4-8-13/h2-11H,1H3. The lowest BCUT2D eigenvalue weighted by molar-refractivity contribution is -0.141. The molecule has 134 valence electrons. The molecule has 0 aliphatic rings. The fourth-order valence-electron chi connectivity index (χ4n) is 2.19. The summed E-state index contributed by atoms with van der Waals surface area (Å²) in [5.41, 5.74) is -0.712. The van der Waals surface area contributed by atoms with Gasteiger partial charge in [0.15, 0.2) is 5.69 Å². The summed E-state index contributed by atoms with van der Waals surface area (Å²) >= 11 is -1.75. The lowest BCUT2D eigenvalue weighted by Gasteiger charge is -2.11. The van der Waals surface area contributed by atoms with Crippen molar-refractivity contribution >= 4 is 11.2 Å². The number of ether oxygens (including phenoxy) is 1. The van der Waals surface area contributed by atoms with Gasteiger partial charge in [0.1, 0.15) is 17.8 Å². The monoisotopic (exact) mass is 378 g/mol. The summed E-state index contributed by atoms with van der Waals surface area (Å²) in [6.45, 7) is 0. The number of rotatable bonds is 4. The van der Waals surface area contributed by atoms with Crippen LogP contribution in [0.3, 0.4) is 0 Å². The lowest BCUT2D eigenvalue weighted by atomic mass is 10.1. The molecule has 0 saturated carbocycles. The van der Waals surface area contributed by atoms with Crippen LogP contribution in [-0.4, -0.2) is 20.8 Å². The highest BCUT2D eigenvalue weighted by molar-refractivity contribution is 7.90. The molecule has 1 unspecified atom stereocenters. The molecule has 8 heteroatoms. The third-order valence-corrected chi connectivity index (χ3v) is 4.06. The molecule has 0 fully saturated rings. The second kappa shape index (κ2) is 7.35. The van der Waals surface area contributed by atoms with Crippen molar-refractivity contribution < 1.29 is 22.5 Å². The van der Waals surface area contributed by atoms with Crippen LogP contribution in [0.2, 0.25) is 0 Å². The van der Waals surface area contributed by atoms with Gasteiger partial charge in [0.05, 0.1) is 5.69 Å². The molecule has 0 radical (unpaired) electrons. The first kappa shape index (κ1) is 18.2. The molecule has 1 aromatic heterocycles. The summed E-state index contributed by atoms with van der Waals surface area (Å²) in [5, 5.41) is -0.371. The molecule has 0 N–H and O–H groups in total. The maximum atomic E-state index is 13.1. The van der Waals surface area contributed by atoms with Gasteiger partial charge >= 0.3 is 11.3 Å². The zero-order chi connectivity index (χ0) is 18.7. The Balaban J connectivity index is 2.00. The van der Waals surface area contributed by atoms with E-state index >= 15 is 0 Å². The normalized spacial score (nSPS) is 12.7. The Kier molecular flexibility index (Phi) is 5.15. The second-order valence-corrected chi connectivity index (χ2v) is 6.59. The Morgan fingerprint density at radius 2 is 1.62 bits per heavy atom. The van der Waals surface area contributed by atoms with Crippen molar-refractivity contribution in [3.63, 3.8) is 0 Å². The minimum Gasteiger partial charge on any atom is -0.609 e. The SMILES string of the molecule is C[S+]([O-])c1nc(-c2cccc(Oc3ccccc3)c2)cc(C(F)(F)F)n1. The first-order valence-electron chi connectivity index (χ1n) is 7.46. The maximum Gasteiger partial charge on any atom is 0.433 e. The van der Waals surface area contributed by atoms with E-state index in [-0.39, 0.29) is 10.9 Å². The van der Waals surface area contributed by atoms with Crippen LogP contribution in [0.5, 0.6) is 11.5 Å². The number of hydrogen-bond acceptors (Lipinski definition) is 4. The van der Waals surface area contributed by atoms with E-state index in [0.717, 1.165) is 6.07 Å². The van der Waals surface area contributed by atoms with Crippen molar-refractivity contribution in [2.75, 3.05) is 6.26 Å². The fraction of sp³-hybridized carbons (Fsp3) is 0.111. The number of nitrogens with zero attached hydrogens (tertiary/aromatic N) is 2. The van der Waals surface area contributed by atoms with Gasteiger partial charge in [-0.1, -0.05) is 30.3 Å². The van der Waals surface area contributed by atoms with Crippen molar-refractivity contribution in [3.8, 4) is 22.8 Å². The van der Waals surface area contributed by atoms with Crippen LogP contribution in [0.4, 0.5) is 13.2 Å². The number of para-hydroxylation sites is 1. The van der Waals surface area contributed by atoms with E-state index in [4.69, 9.17) is 4.74 Å². The molecule has 3 aromatic rings. The maximum absolute atomic E-state index is 13.1. The van der Waals surface area contributed by atoms with Gasteiger partial charge in [-0.3, -0.25) is 0 Å². The van der Waals surface area contributed by atoms with Gasteiger partial charge in [-0.05, 0) is 30.3 Å². The van der Waals surface area contributed by atoms with Crippen LogP contribution in [0, 0.1) is 0 Å². The van der Waals surface area contributed by atoms with E-state index in [2.05, 4.69) is 9.97 Å². The van der Waals surface area contributed by atoms with Gasteiger partial charge in [0, 0.05) is 16.7 Å². The van der Waals surface area contributed by atoms with Gasteiger partial charge in [-0.25, -0.2) is 0 Å². The van der Waals surface area contributed by atoms with Gasteiger partial charge < -0.3 is 9.29 Å². The summed E-state index contributed by atoms with van der Waals surface area (Å²) in [4.78, 5) is 7.35. The topological polar surface area (TPSA) is 58.1 Å². The lowest BCUT2D eigenvalue weighted by Crippen LogP contribution is -2.14. The summed E-state index contributed by atoms with van der Waals surface area (Å²) < 4.78 is 56.5. The minimum absolute atomic E-state index is 0.0241. The molecule has 0 aliphatic carbocycles. The molecule has 0 spiro atoms. The number of alkyl halides is 3. The van der Waals surface area contributed by atoms with Crippen LogP contribution in [0.25, 0.3) is 11.3 Å². The van der Waals surface area contributed by atoms with E-state index < -0.39 is 23.0 Å². The largest absolute Gasteiger partial charge is 0.609 e. The zero-order valence-corrected chi connectivity index (χ0v) is 14.3. The average Bonchev–Trinajstić information content (AvgIpc) is 2.61. The van der Waals surface area contributed by atoms with Crippen molar-refractivity contribution in [3.05, 3.63) is 66.4 Å². The first-order valence-corrected chi connectivity index (χ1v) is 9.02. The van der Waals surface area contributed by atoms with Gasteiger partial charge in [0.2, 0.25) is 0 Å². The molecule has 0 bridgehead atoms. The summed E-state index contributed by atoms with van der Waals surface area (Å²) in [7, 11) is 0. The Morgan fingerprint density at radius 1 is 0.923 bits per heavy atom. The Hall–Kier alpha value is -2.58. The number of benzene rings is 2. The number of halogens is 3. The molecule has 26 heavy (non-hydrogen) atoms. The smallest absolute Gasteiger partial charge is 0.433 e. The fourth-order valence-corrected chi connectivity index (χ4v) is 2.64. The predicted molar refractivity (Wildman–Crippen MR) is 91.3 cm³/mol. The molecule has 0 aliphatic heterocycles. The third-order valence-electron chi connectivity index (χ3n) is 3.36. The molecule has 1 atom stereocenters. The Morgan fingerprint density at radius 3 is 2.27 bits per heavy atom. The van der Waals surface area contributed by atoms with Crippen molar-refractivity contribution in [1.82, 2.24) is 9.97 Å². The minimum atomic E-state index is -4.66. The quantitative estimate of drug-likeness (QED) is 0.488. The van der Waals surface area contributed by atoms with Crippen LogP contribution in [0.15, 0.2) is 65.8 Å². The first-order chi connectivity index (χ1) is 12.3. The average molecular weight is 378 g/mol. The molecule has 1 heterocycles. The van der Waals surface area contributed by atoms with E-state index in [0.29, 0.717) is 17.1 Å². The van der Waals surface area contributed by atoms with E-state index in [9.17, 15) is 17.7 Å². The zero-order valence-electron chi connectivity index (χ0n) is 13.5. The number of hydrogen-bond donors (Lipinski definition) is 0. The van der Waals surface area contributed by atoms with Crippen LogP contribution in [0.1, 0.15) is 5.69 Å². The van der Waals surface area contributed by atoms with Crippen LogP contribution < -0.4 is 4.74 Å². The molecular formula is C18H13F3N2O2S. The molecule has 3 rings (SSSR count). The molecule has 4 nitrogen and oxygen atoms in total. The van der Waals surface area contributed by atoms with Crippen molar-refractivity contribution in [2.24, 2.45) is 0 Å². The summed E-state index contributed by atoms with van der Waals surface area (Å²) in [6.07, 6.45) is -3.43. The van der Waals surface area contributed by atoms with Crippen molar-refractivity contribution in [1.29, 1.82) is 0 Å². The van der Waals surface area contributed by atoms with Gasteiger partial charge in [-0.2, -0.15) is 23.1 Å². The Labute approximate surface area is 150 Å². The highest BCUT2D eigenvalue weighted by atomic mass is 32.2. The second-order valence-electron chi connectivity index (χ2n) is 5.32. The third kappa shape index (κ3) is 4.33. The molecule has 0 saturated heterocycles. The van der Waals surface area contributed by atoms with E-state index in [1.54, 1.807) is 36.4 Å². The number of aromatic nitrogens is 2. The predicted octanol–water partition coefficient (Wildman–Crippen LogP) is 4.69. The highest BCUT2D eigenvalue weighted by Crippen LogP contribution is 2.32. The van der Waals surface area contributed by atoms with Crippen LogP contribution in [-0.2, 0) is 17.4 Å². The van der Waals surface area contributed by atoms with Crippen molar-refractivity contribution in [2.45, 2.75) is 11.3 Å². The molecular weight excluding hydrogens is 365 g/mol. The highest BCUT2D eigenvalue weighted by Gasteiger charge is 2.35. The van der Waals surface area contributed by atoms with Gasteiger partial charge in [0.25, 0.3) is 0 Å². The molecule has 0 amide bonds. The Bertz CT molecular complexity index is 902. The van der Waals surface area contributed by atoms with E-state index in [1.807, 2.05) is 18.2 Å².